The summed E-state index contributed by atoms with van der Waals surface area (Å²) >= 11 is 0. The molecule has 3 rings (SSSR count). The summed E-state index contributed by atoms with van der Waals surface area (Å²) in [5.41, 5.74) is 4.70. The summed E-state index contributed by atoms with van der Waals surface area (Å²) in [5.74, 6) is -0.398. The predicted molar refractivity (Wildman–Crippen MR) is 99.3 cm³/mol. The van der Waals surface area contributed by atoms with Gasteiger partial charge < -0.3 is 10.1 Å². The van der Waals surface area contributed by atoms with Crippen LogP contribution in [0.25, 0.3) is 11.0 Å². The Hall–Kier alpha value is -2.95. The molecule has 0 aliphatic rings. The van der Waals surface area contributed by atoms with Crippen molar-refractivity contribution < 1.29 is 9.53 Å². The normalized spacial score (nSPS) is 10.7. The van der Waals surface area contributed by atoms with Crippen molar-refractivity contribution in [3.8, 4) is 0 Å². The number of carbonyl (C=O) groups excluding carboxylic acids is 1. The minimum atomic E-state index is -0.398. The van der Waals surface area contributed by atoms with Gasteiger partial charge in [0.05, 0.1) is 12.3 Å². The topological polar surface area (TPSA) is 64.1 Å². The fourth-order valence-corrected chi connectivity index (χ4v) is 2.64. The number of pyridine rings is 2. The van der Waals surface area contributed by atoms with Crippen LogP contribution in [0.5, 0.6) is 0 Å². The SMILES string of the molecule is CCOC(=O)c1cnc2nc(C)ccc2c1Nc1ccc(CC)cc1. The number of nitrogens with zero attached hydrogens (tertiary/aromatic N) is 2. The zero-order valence-corrected chi connectivity index (χ0v) is 14.7. The summed E-state index contributed by atoms with van der Waals surface area (Å²) in [6.07, 6.45) is 2.51. The first-order valence-corrected chi connectivity index (χ1v) is 8.41. The maximum absolute atomic E-state index is 12.3. The zero-order valence-electron chi connectivity index (χ0n) is 14.7. The molecule has 128 valence electrons. The van der Waals surface area contributed by atoms with Gasteiger partial charge in [-0.15, -0.1) is 0 Å². The minimum absolute atomic E-state index is 0.313. The molecule has 2 aromatic heterocycles. The number of ether oxygens (including phenoxy) is 1. The Bertz CT molecular complexity index is 905. The lowest BCUT2D eigenvalue weighted by molar-refractivity contribution is 0.0527. The Labute approximate surface area is 147 Å². The molecule has 25 heavy (non-hydrogen) atoms. The molecular weight excluding hydrogens is 314 g/mol. The smallest absolute Gasteiger partial charge is 0.341 e. The van der Waals surface area contributed by atoms with Crippen molar-refractivity contribution in [2.75, 3.05) is 11.9 Å². The molecule has 1 aromatic carbocycles. The third-order valence-corrected chi connectivity index (χ3v) is 4.00. The average molecular weight is 335 g/mol. The Balaban J connectivity index is 2.10. The minimum Gasteiger partial charge on any atom is -0.462 e. The highest BCUT2D eigenvalue weighted by molar-refractivity contribution is 6.05. The highest BCUT2D eigenvalue weighted by Crippen LogP contribution is 2.29. The number of rotatable bonds is 5. The van der Waals surface area contributed by atoms with Crippen LogP contribution in [-0.2, 0) is 11.2 Å². The molecule has 0 fully saturated rings. The lowest BCUT2D eigenvalue weighted by Crippen LogP contribution is -2.09. The summed E-state index contributed by atoms with van der Waals surface area (Å²) in [5, 5.41) is 4.13. The van der Waals surface area contributed by atoms with Gasteiger partial charge in [-0.2, -0.15) is 0 Å². The maximum Gasteiger partial charge on any atom is 0.341 e. The molecule has 0 atom stereocenters. The van der Waals surface area contributed by atoms with Gasteiger partial charge >= 0.3 is 5.97 Å². The van der Waals surface area contributed by atoms with E-state index in [0.717, 1.165) is 23.2 Å². The van der Waals surface area contributed by atoms with Crippen LogP contribution in [0.1, 0.15) is 35.5 Å². The van der Waals surface area contributed by atoms with Crippen molar-refractivity contribution >= 4 is 28.4 Å². The van der Waals surface area contributed by atoms with E-state index in [1.165, 1.54) is 11.8 Å². The maximum atomic E-state index is 12.3. The van der Waals surface area contributed by atoms with E-state index in [1.807, 2.05) is 31.2 Å². The quantitative estimate of drug-likeness (QED) is 0.699. The first-order valence-electron chi connectivity index (χ1n) is 8.41. The van der Waals surface area contributed by atoms with Crippen LogP contribution >= 0.6 is 0 Å². The molecule has 2 heterocycles. The largest absolute Gasteiger partial charge is 0.462 e. The first kappa shape index (κ1) is 16.9. The molecule has 0 aliphatic heterocycles. The van der Waals surface area contributed by atoms with Crippen molar-refractivity contribution in [1.29, 1.82) is 0 Å². The van der Waals surface area contributed by atoms with Crippen molar-refractivity contribution in [2.45, 2.75) is 27.2 Å². The lowest BCUT2D eigenvalue weighted by atomic mass is 10.1. The molecule has 5 heteroatoms. The molecular formula is C20H21N3O2. The van der Waals surface area contributed by atoms with Crippen LogP contribution in [0, 0.1) is 6.92 Å². The number of esters is 1. The molecule has 1 N–H and O–H groups in total. The van der Waals surface area contributed by atoms with Gasteiger partial charge in [-0.1, -0.05) is 19.1 Å². The van der Waals surface area contributed by atoms with Crippen molar-refractivity contribution in [3.63, 3.8) is 0 Å². The summed E-state index contributed by atoms with van der Waals surface area (Å²) < 4.78 is 5.18. The number of fused-ring (bicyclic) bond motifs is 1. The zero-order chi connectivity index (χ0) is 17.8. The molecule has 0 saturated heterocycles. The van der Waals surface area contributed by atoms with Gasteiger partial charge in [-0.05, 0) is 50.1 Å². The second-order valence-electron chi connectivity index (χ2n) is 5.77. The Morgan fingerprint density at radius 2 is 1.88 bits per heavy atom. The van der Waals surface area contributed by atoms with Crippen LogP contribution in [-0.4, -0.2) is 22.5 Å². The number of hydrogen-bond acceptors (Lipinski definition) is 5. The summed E-state index contributed by atoms with van der Waals surface area (Å²) in [6.45, 7) is 6.13. The number of aryl methyl sites for hydroxylation is 2. The van der Waals surface area contributed by atoms with Gasteiger partial charge in [-0.25, -0.2) is 14.8 Å². The number of carbonyl (C=O) groups is 1. The van der Waals surface area contributed by atoms with E-state index in [-0.39, 0.29) is 0 Å². The van der Waals surface area contributed by atoms with E-state index in [9.17, 15) is 4.79 Å². The molecule has 3 aromatic rings. The molecule has 0 radical (unpaired) electrons. The van der Waals surface area contributed by atoms with E-state index in [2.05, 4.69) is 34.3 Å². The van der Waals surface area contributed by atoms with Gasteiger partial charge in [0.2, 0.25) is 0 Å². The fourth-order valence-electron chi connectivity index (χ4n) is 2.64. The first-order chi connectivity index (χ1) is 12.1. The van der Waals surface area contributed by atoms with Gasteiger partial charge in [0.1, 0.15) is 5.56 Å². The molecule has 0 unspecified atom stereocenters. The van der Waals surface area contributed by atoms with Crippen LogP contribution in [0.3, 0.4) is 0 Å². The molecule has 0 spiro atoms. The number of anilines is 2. The summed E-state index contributed by atoms with van der Waals surface area (Å²) in [4.78, 5) is 21.1. The fraction of sp³-hybridized carbons (Fsp3) is 0.250. The van der Waals surface area contributed by atoms with Gasteiger partial charge in [0.15, 0.2) is 5.65 Å². The number of hydrogen-bond donors (Lipinski definition) is 1. The van der Waals surface area contributed by atoms with Crippen LogP contribution in [0.2, 0.25) is 0 Å². The lowest BCUT2D eigenvalue weighted by Gasteiger charge is -2.14. The van der Waals surface area contributed by atoms with Crippen LogP contribution in [0.4, 0.5) is 11.4 Å². The monoisotopic (exact) mass is 335 g/mol. The highest BCUT2D eigenvalue weighted by Gasteiger charge is 2.17. The Morgan fingerprint density at radius 1 is 1.12 bits per heavy atom. The van der Waals surface area contributed by atoms with E-state index in [4.69, 9.17) is 4.74 Å². The van der Waals surface area contributed by atoms with Crippen molar-refractivity contribution in [1.82, 2.24) is 9.97 Å². The predicted octanol–water partition coefficient (Wildman–Crippen LogP) is 4.42. The Morgan fingerprint density at radius 3 is 2.56 bits per heavy atom. The van der Waals surface area contributed by atoms with E-state index >= 15 is 0 Å². The number of aromatic nitrogens is 2. The summed E-state index contributed by atoms with van der Waals surface area (Å²) in [6, 6.07) is 12.0. The number of nitrogens with one attached hydrogen (secondary N) is 1. The molecule has 5 nitrogen and oxygen atoms in total. The highest BCUT2D eigenvalue weighted by atomic mass is 16.5. The van der Waals surface area contributed by atoms with Gasteiger partial charge in [0.25, 0.3) is 0 Å². The van der Waals surface area contributed by atoms with E-state index in [1.54, 1.807) is 6.92 Å². The molecule has 0 saturated carbocycles. The second kappa shape index (κ2) is 7.30. The second-order valence-corrected chi connectivity index (χ2v) is 5.77. The standard InChI is InChI=1S/C20H21N3O2/c1-4-14-7-9-15(10-8-14)23-18-16-11-6-13(3)22-19(16)21-12-17(18)20(24)25-5-2/h6-12H,4-5H2,1-3H3,(H,21,22,23). The van der Waals surface area contributed by atoms with Gasteiger partial charge in [-0.3, -0.25) is 0 Å². The Kier molecular flexibility index (Phi) is 4.93. The van der Waals surface area contributed by atoms with Crippen LogP contribution < -0.4 is 5.32 Å². The molecule has 0 aliphatic carbocycles. The summed E-state index contributed by atoms with van der Waals surface area (Å²) in [7, 11) is 0. The van der Waals surface area contributed by atoms with Gasteiger partial charge in [0, 0.05) is 23.0 Å². The average Bonchev–Trinajstić information content (AvgIpc) is 2.62. The van der Waals surface area contributed by atoms with E-state index < -0.39 is 5.97 Å². The number of benzene rings is 1. The third kappa shape index (κ3) is 3.60. The third-order valence-electron chi connectivity index (χ3n) is 4.00. The molecule has 0 bridgehead atoms. The van der Waals surface area contributed by atoms with E-state index in [0.29, 0.717) is 23.5 Å². The van der Waals surface area contributed by atoms with Crippen LogP contribution in [0.15, 0.2) is 42.6 Å². The molecule has 0 amide bonds. The van der Waals surface area contributed by atoms with Crippen molar-refractivity contribution in [2.24, 2.45) is 0 Å². The van der Waals surface area contributed by atoms with Crippen molar-refractivity contribution in [3.05, 3.63) is 59.4 Å².